The van der Waals surface area contributed by atoms with Crippen molar-refractivity contribution in [2.45, 2.75) is 20.0 Å². The molecule has 2 aromatic rings. The first-order chi connectivity index (χ1) is 8.54. The molecule has 4 nitrogen and oxygen atoms in total. The van der Waals surface area contributed by atoms with Crippen LogP contribution in [0.15, 0.2) is 28.7 Å². The number of nitrogen functional groups attached to an aromatic ring is 1. The van der Waals surface area contributed by atoms with Crippen LogP contribution in [0, 0.1) is 6.92 Å². The second kappa shape index (κ2) is 5.54. The molecule has 0 amide bonds. The third kappa shape index (κ3) is 3.34. The fraction of sp³-hybridized carbons (Fsp3) is 0.308. The number of halogens is 1. The Labute approximate surface area is 115 Å². The predicted octanol–water partition coefficient (Wildman–Crippen LogP) is 2.69. The van der Waals surface area contributed by atoms with Gasteiger partial charge in [0.15, 0.2) is 0 Å². The first-order valence-corrected chi connectivity index (χ1v) is 6.57. The number of anilines is 1. The maximum absolute atomic E-state index is 5.58. The van der Waals surface area contributed by atoms with Crippen LogP contribution in [0.5, 0.6) is 0 Å². The first-order valence-electron chi connectivity index (χ1n) is 5.78. The number of hydrogen-bond donors (Lipinski definition) is 2. The molecule has 1 heterocycles. The zero-order valence-corrected chi connectivity index (χ0v) is 12.2. The van der Waals surface area contributed by atoms with Crippen molar-refractivity contribution in [3.63, 3.8) is 0 Å². The highest BCUT2D eigenvalue weighted by molar-refractivity contribution is 9.10. The van der Waals surface area contributed by atoms with Crippen LogP contribution in [-0.4, -0.2) is 22.1 Å². The van der Waals surface area contributed by atoms with Crippen LogP contribution < -0.4 is 5.73 Å². The number of H-pyrrole nitrogens is 1. The standard InChI is InChI=1S/C13H17BrN4/c1-9-3-4-11(14)5-10(9)7-18(2)8-12-6-13(15)17-16-12/h3-6H,7-8H2,1-2H3,(H3,15,16,17). The van der Waals surface area contributed by atoms with E-state index in [2.05, 4.69) is 63.2 Å². The molecule has 0 aliphatic heterocycles. The van der Waals surface area contributed by atoms with E-state index < -0.39 is 0 Å². The molecule has 0 unspecified atom stereocenters. The van der Waals surface area contributed by atoms with Crippen LogP contribution in [0.2, 0.25) is 0 Å². The highest BCUT2D eigenvalue weighted by Gasteiger charge is 2.06. The van der Waals surface area contributed by atoms with Crippen molar-refractivity contribution >= 4 is 21.7 Å². The molecule has 5 heteroatoms. The van der Waals surface area contributed by atoms with Crippen LogP contribution in [-0.2, 0) is 13.1 Å². The maximum Gasteiger partial charge on any atom is 0.145 e. The van der Waals surface area contributed by atoms with Gasteiger partial charge in [-0.15, -0.1) is 0 Å². The zero-order chi connectivity index (χ0) is 13.1. The molecule has 1 aromatic carbocycles. The number of hydrogen-bond acceptors (Lipinski definition) is 3. The van der Waals surface area contributed by atoms with Crippen LogP contribution >= 0.6 is 15.9 Å². The van der Waals surface area contributed by atoms with E-state index in [0.29, 0.717) is 5.82 Å². The average Bonchev–Trinajstić information content (AvgIpc) is 2.69. The number of benzene rings is 1. The Morgan fingerprint density at radius 3 is 2.78 bits per heavy atom. The Morgan fingerprint density at radius 2 is 2.11 bits per heavy atom. The summed E-state index contributed by atoms with van der Waals surface area (Å²) in [6.07, 6.45) is 0. The van der Waals surface area contributed by atoms with E-state index in [1.807, 2.05) is 6.07 Å². The Kier molecular flexibility index (Phi) is 4.04. The second-order valence-electron chi connectivity index (χ2n) is 4.56. The lowest BCUT2D eigenvalue weighted by Gasteiger charge is -2.17. The average molecular weight is 309 g/mol. The number of aromatic nitrogens is 2. The van der Waals surface area contributed by atoms with E-state index in [1.165, 1.54) is 11.1 Å². The van der Waals surface area contributed by atoms with Crippen LogP contribution in [0.1, 0.15) is 16.8 Å². The monoisotopic (exact) mass is 308 g/mol. The summed E-state index contributed by atoms with van der Waals surface area (Å²) in [5.74, 6) is 0.539. The van der Waals surface area contributed by atoms with E-state index in [4.69, 9.17) is 5.73 Å². The molecule has 0 aliphatic rings. The highest BCUT2D eigenvalue weighted by Crippen LogP contribution is 2.18. The summed E-state index contributed by atoms with van der Waals surface area (Å²) in [5, 5.41) is 6.85. The van der Waals surface area contributed by atoms with Crippen LogP contribution in [0.3, 0.4) is 0 Å². The van der Waals surface area contributed by atoms with Crippen LogP contribution in [0.25, 0.3) is 0 Å². The SMILES string of the molecule is Cc1ccc(Br)cc1CN(C)Cc1cc(N)n[nH]1. The molecular weight excluding hydrogens is 292 g/mol. The van der Waals surface area contributed by atoms with Gasteiger partial charge in [-0.05, 0) is 37.2 Å². The van der Waals surface area contributed by atoms with Gasteiger partial charge in [-0.25, -0.2) is 0 Å². The van der Waals surface area contributed by atoms with Gasteiger partial charge in [0.05, 0.1) is 5.69 Å². The summed E-state index contributed by atoms with van der Waals surface area (Å²) in [7, 11) is 2.08. The highest BCUT2D eigenvalue weighted by atomic mass is 79.9. The lowest BCUT2D eigenvalue weighted by Crippen LogP contribution is -2.18. The minimum Gasteiger partial charge on any atom is -0.382 e. The van der Waals surface area contributed by atoms with E-state index in [0.717, 1.165) is 23.3 Å². The topological polar surface area (TPSA) is 57.9 Å². The number of nitrogens with one attached hydrogen (secondary N) is 1. The molecule has 0 saturated heterocycles. The van der Waals surface area contributed by atoms with E-state index >= 15 is 0 Å². The molecule has 0 saturated carbocycles. The van der Waals surface area contributed by atoms with Crippen molar-refractivity contribution in [3.8, 4) is 0 Å². The molecule has 1 aromatic heterocycles. The Hall–Kier alpha value is -1.33. The number of aryl methyl sites for hydroxylation is 1. The number of rotatable bonds is 4. The quantitative estimate of drug-likeness (QED) is 0.913. The molecule has 0 spiro atoms. The van der Waals surface area contributed by atoms with Crippen molar-refractivity contribution < 1.29 is 0 Å². The molecule has 0 atom stereocenters. The van der Waals surface area contributed by atoms with E-state index in [9.17, 15) is 0 Å². The zero-order valence-electron chi connectivity index (χ0n) is 10.6. The molecule has 96 valence electrons. The van der Waals surface area contributed by atoms with E-state index in [1.54, 1.807) is 0 Å². The van der Waals surface area contributed by atoms with E-state index in [-0.39, 0.29) is 0 Å². The van der Waals surface area contributed by atoms with Crippen LogP contribution in [0.4, 0.5) is 5.82 Å². The number of nitrogens with zero attached hydrogens (tertiary/aromatic N) is 2. The van der Waals surface area contributed by atoms with Gasteiger partial charge in [-0.2, -0.15) is 5.10 Å². The molecule has 0 fully saturated rings. The second-order valence-corrected chi connectivity index (χ2v) is 5.48. The Bertz CT molecular complexity index is 536. The summed E-state index contributed by atoms with van der Waals surface area (Å²) >= 11 is 3.51. The lowest BCUT2D eigenvalue weighted by atomic mass is 10.1. The van der Waals surface area contributed by atoms with Gasteiger partial charge in [-0.3, -0.25) is 10.00 Å². The van der Waals surface area contributed by atoms with Crippen molar-refractivity contribution in [3.05, 3.63) is 45.6 Å². The molecule has 0 bridgehead atoms. The lowest BCUT2D eigenvalue weighted by molar-refractivity contribution is 0.314. The summed E-state index contributed by atoms with van der Waals surface area (Å²) in [6, 6.07) is 8.22. The summed E-state index contributed by atoms with van der Waals surface area (Å²) < 4.78 is 1.11. The Morgan fingerprint density at radius 1 is 1.33 bits per heavy atom. The normalized spacial score (nSPS) is 11.1. The fourth-order valence-corrected chi connectivity index (χ4v) is 2.32. The van der Waals surface area contributed by atoms with Crippen molar-refractivity contribution in [2.75, 3.05) is 12.8 Å². The molecule has 0 aliphatic carbocycles. The smallest absolute Gasteiger partial charge is 0.145 e. The van der Waals surface area contributed by atoms with Gasteiger partial charge >= 0.3 is 0 Å². The van der Waals surface area contributed by atoms with Gasteiger partial charge in [0.2, 0.25) is 0 Å². The number of aromatic amines is 1. The fourth-order valence-electron chi connectivity index (χ4n) is 1.91. The van der Waals surface area contributed by atoms with Gasteiger partial charge in [0, 0.05) is 23.6 Å². The third-order valence-corrected chi connectivity index (χ3v) is 3.34. The minimum absolute atomic E-state index is 0.539. The van der Waals surface area contributed by atoms with Gasteiger partial charge in [0.1, 0.15) is 5.82 Å². The third-order valence-electron chi connectivity index (χ3n) is 2.84. The molecule has 2 rings (SSSR count). The van der Waals surface area contributed by atoms with Crippen molar-refractivity contribution in [2.24, 2.45) is 0 Å². The summed E-state index contributed by atoms with van der Waals surface area (Å²) in [6.45, 7) is 3.82. The minimum atomic E-state index is 0.539. The molecule has 18 heavy (non-hydrogen) atoms. The first kappa shape index (κ1) is 13.1. The molecule has 0 radical (unpaired) electrons. The van der Waals surface area contributed by atoms with Gasteiger partial charge in [0.25, 0.3) is 0 Å². The van der Waals surface area contributed by atoms with Crippen molar-refractivity contribution in [1.82, 2.24) is 15.1 Å². The van der Waals surface area contributed by atoms with Crippen molar-refractivity contribution in [1.29, 1.82) is 0 Å². The molecular formula is C13H17BrN4. The van der Waals surface area contributed by atoms with Gasteiger partial charge in [-0.1, -0.05) is 22.0 Å². The summed E-state index contributed by atoms with van der Waals surface area (Å²) in [4.78, 5) is 2.22. The molecule has 3 N–H and O–H groups in total. The maximum atomic E-state index is 5.58. The summed E-state index contributed by atoms with van der Waals surface area (Å²) in [5.41, 5.74) is 9.23. The number of nitrogens with two attached hydrogens (primary N) is 1. The Balaban J connectivity index is 2.02. The largest absolute Gasteiger partial charge is 0.382 e. The predicted molar refractivity (Wildman–Crippen MR) is 77.1 cm³/mol. The van der Waals surface area contributed by atoms with Gasteiger partial charge < -0.3 is 5.73 Å².